The Balaban J connectivity index is 1.90. The van der Waals surface area contributed by atoms with E-state index >= 15 is 0 Å². The Hall–Kier alpha value is -0.780. The third-order valence-corrected chi connectivity index (χ3v) is 4.60. The highest BCUT2D eigenvalue weighted by atomic mass is 32.2. The number of benzene rings is 1. The van der Waals surface area contributed by atoms with Crippen molar-refractivity contribution in [3.8, 4) is 0 Å². The van der Waals surface area contributed by atoms with Gasteiger partial charge in [0.05, 0.1) is 5.69 Å². The van der Waals surface area contributed by atoms with Crippen LogP contribution in [0.3, 0.4) is 0 Å². The molecule has 1 aliphatic heterocycles. The minimum absolute atomic E-state index is 0.126. The molecule has 1 saturated heterocycles. The lowest BCUT2D eigenvalue weighted by Gasteiger charge is -2.40. The molecule has 1 aromatic rings. The summed E-state index contributed by atoms with van der Waals surface area (Å²) in [4.78, 5) is 4.58. The standard InChI is InChI=1S/C15H24FN3S/c1-20-11-6-13(12-17)18-7-9-19(10-8-18)15-5-3-2-4-14(15)16/h2-5,13H,6-12,17H2,1H3. The molecule has 112 valence electrons. The van der Waals surface area contributed by atoms with Crippen LogP contribution in [0.2, 0.25) is 0 Å². The average molecular weight is 297 g/mol. The zero-order valence-corrected chi connectivity index (χ0v) is 12.9. The molecule has 2 N–H and O–H groups in total. The summed E-state index contributed by atoms with van der Waals surface area (Å²) in [5, 5.41) is 0. The number of thioether (sulfide) groups is 1. The third-order valence-electron chi connectivity index (χ3n) is 3.95. The van der Waals surface area contributed by atoms with E-state index in [-0.39, 0.29) is 5.82 Å². The summed E-state index contributed by atoms with van der Waals surface area (Å²) in [6.07, 6.45) is 3.26. The van der Waals surface area contributed by atoms with Crippen LogP contribution in [-0.2, 0) is 0 Å². The van der Waals surface area contributed by atoms with Gasteiger partial charge in [-0.25, -0.2) is 4.39 Å². The van der Waals surface area contributed by atoms with Crippen LogP contribution in [-0.4, -0.2) is 55.7 Å². The van der Waals surface area contributed by atoms with E-state index in [1.54, 1.807) is 6.07 Å². The van der Waals surface area contributed by atoms with Crippen molar-refractivity contribution in [3.05, 3.63) is 30.1 Å². The number of nitrogens with two attached hydrogens (primary N) is 1. The van der Waals surface area contributed by atoms with Crippen LogP contribution in [0, 0.1) is 5.82 Å². The smallest absolute Gasteiger partial charge is 0.146 e. The van der Waals surface area contributed by atoms with Gasteiger partial charge >= 0.3 is 0 Å². The Kier molecular flexibility index (Phi) is 6.13. The predicted octanol–water partition coefficient (Wildman–Crippen LogP) is 2.03. The Bertz CT molecular complexity index is 408. The first-order valence-electron chi connectivity index (χ1n) is 7.18. The number of hydrogen-bond donors (Lipinski definition) is 1. The third kappa shape index (κ3) is 3.87. The van der Waals surface area contributed by atoms with Crippen LogP contribution in [0.4, 0.5) is 10.1 Å². The Morgan fingerprint density at radius 3 is 2.55 bits per heavy atom. The molecule has 1 heterocycles. The maximum atomic E-state index is 13.8. The van der Waals surface area contributed by atoms with Gasteiger partial charge in [0, 0.05) is 38.8 Å². The molecule has 5 heteroatoms. The van der Waals surface area contributed by atoms with E-state index in [9.17, 15) is 4.39 Å². The van der Waals surface area contributed by atoms with E-state index in [1.807, 2.05) is 23.9 Å². The van der Waals surface area contributed by atoms with E-state index in [0.29, 0.717) is 12.6 Å². The molecule has 0 aromatic heterocycles. The molecule has 3 nitrogen and oxygen atoms in total. The first-order valence-corrected chi connectivity index (χ1v) is 8.58. The van der Waals surface area contributed by atoms with Crippen molar-refractivity contribution < 1.29 is 4.39 Å². The largest absolute Gasteiger partial charge is 0.367 e. The van der Waals surface area contributed by atoms with Crippen LogP contribution in [0.25, 0.3) is 0 Å². The highest BCUT2D eigenvalue weighted by Crippen LogP contribution is 2.21. The van der Waals surface area contributed by atoms with E-state index < -0.39 is 0 Å². The molecule has 1 atom stereocenters. The summed E-state index contributed by atoms with van der Waals surface area (Å²) in [7, 11) is 0. The molecular formula is C15H24FN3S. The fraction of sp³-hybridized carbons (Fsp3) is 0.600. The Morgan fingerprint density at radius 1 is 1.25 bits per heavy atom. The zero-order valence-electron chi connectivity index (χ0n) is 12.1. The number of piperazine rings is 1. The fourth-order valence-corrected chi connectivity index (χ4v) is 3.25. The number of anilines is 1. The van der Waals surface area contributed by atoms with Gasteiger partial charge in [-0.1, -0.05) is 12.1 Å². The molecule has 1 aromatic carbocycles. The van der Waals surface area contributed by atoms with Crippen molar-refractivity contribution >= 4 is 17.4 Å². The molecular weight excluding hydrogens is 273 g/mol. The second-order valence-electron chi connectivity index (χ2n) is 5.15. The summed E-state index contributed by atoms with van der Waals surface area (Å²) in [5.74, 6) is 1.02. The molecule has 1 fully saturated rings. The van der Waals surface area contributed by atoms with Crippen LogP contribution >= 0.6 is 11.8 Å². The number of nitrogens with zero attached hydrogens (tertiary/aromatic N) is 2. The monoisotopic (exact) mass is 297 g/mol. The number of rotatable bonds is 6. The number of halogens is 1. The quantitative estimate of drug-likeness (QED) is 0.871. The summed E-state index contributed by atoms with van der Waals surface area (Å²) >= 11 is 1.87. The van der Waals surface area contributed by atoms with Crippen LogP contribution < -0.4 is 10.6 Å². The maximum Gasteiger partial charge on any atom is 0.146 e. The predicted molar refractivity (Wildman–Crippen MR) is 86.0 cm³/mol. The highest BCUT2D eigenvalue weighted by molar-refractivity contribution is 7.98. The highest BCUT2D eigenvalue weighted by Gasteiger charge is 2.23. The molecule has 0 bridgehead atoms. The van der Waals surface area contributed by atoms with Gasteiger partial charge in [0.2, 0.25) is 0 Å². The summed E-state index contributed by atoms with van der Waals surface area (Å²) in [6, 6.07) is 7.49. The van der Waals surface area contributed by atoms with E-state index in [1.165, 1.54) is 6.07 Å². The van der Waals surface area contributed by atoms with Gasteiger partial charge in [-0.2, -0.15) is 11.8 Å². The molecule has 0 spiro atoms. The zero-order chi connectivity index (χ0) is 14.4. The van der Waals surface area contributed by atoms with Crippen molar-refractivity contribution in [1.29, 1.82) is 0 Å². The van der Waals surface area contributed by atoms with Gasteiger partial charge in [-0.15, -0.1) is 0 Å². The minimum atomic E-state index is -0.126. The Labute approximate surface area is 125 Å². The number of hydrogen-bond acceptors (Lipinski definition) is 4. The second-order valence-corrected chi connectivity index (χ2v) is 6.13. The van der Waals surface area contributed by atoms with Crippen molar-refractivity contribution in [2.45, 2.75) is 12.5 Å². The summed E-state index contributed by atoms with van der Waals surface area (Å²) < 4.78 is 13.8. The second kappa shape index (κ2) is 7.86. The lowest BCUT2D eigenvalue weighted by atomic mass is 10.1. The Morgan fingerprint density at radius 2 is 1.95 bits per heavy atom. The van der Waals surface area contributed by atoms with Crippen LogP contribution in [0.1, 0.15) is 6.42 Å². The van der Waals surface area contributed by atoms with Crippen LogP contribution in [0.5, 0.6) is 0 Å². The minimum Gasteiger partial charge on any atom is -0.367 e. The summed E-state index contributed by atoms with van der Waals surface area (Å²) in [5.41, 5.74) is 6.61. The van der Waals surface area contributed by atoms with Gasteiger partial charge in [0.15, 0.2) is 0 Å². The van der Waals surface area contributed by atoms with Gasteiger partial charge < -0.3 is 10.6 Å². The first kappa shape index (κ1) is 15.6. The van der Waals surface area contributed by atoms with Gasteiger partial charge in [0.25, 0.3) is 0 Å². The fourth-order valence-electron chi connectivity index (χ4n) is 2.74. The van der Waals surface area contributed by atoms with Gasteiger partial charge in [-0.3, -0.25) is 4.90 Å². The lowest BCUT2D eigenvalue weighted by molar-refractivity contribution is 0.185. The van der Waals surface area contributed by atoms with Crippen molar-refractivity contribution in [1.82, 2.24) is 4.90 Å². The molecule has 1 unspecified atom stereocenters. The van der Waals surface area contributed by atoms with Gasteiger partial charge in [-0.05, 0) is 30.6 Å². The lowest BCUT2D eigenvalue weighted by Crippen LogP contribution is -2.52. The average Bonchev–Trinajstić information content (AvgIpc) is 2.49. The number of para-hydroxylation sites is 1. The maximum absolute atomic E-state index is 13.8. The SMILES string of the molecule is CSCCC(CN)N1CCN(c2ccccc2F)CC1. The van der Waals surface area contributed by atoms with E-state index in [2.05, 4.69) is 16.1 Å². The van der Waals surface area contributed by atoms with Crippen LogP contribution in [0.15, 0.2) is 24.3 Å². The normalized spacial score (nSPS) is 18.2. The molecule has 2 rings (SSSR count). The van der Waals surface area contributed by atoms with E-state index in [4.69, 9.17) is 5.73 Å². The molecule has 0 saturated carbocycles. The molecule has 0 aliphatic carbocycles. The van der Waals surface area contributed by atoms with Crippen molar-refractivity contribution in [2.24, 2.45) is 5.73 Å². The first-order chi connectivity index (χ1) is 9.76. The molecule has 1 aliphatic rings. The molecule has 0 radical (unpaired) electrons. The summed E-state index contributed by atoms with van der Waals surface area (Å²) in [6.45, 7) is 4.38. The van der Waals surface area contributed by atoms with E-state index in [0.717, 1.165) is 44.0 Å². The van der Waals surface area contributed by atoms with Crippen molar-refractivity contribution in [2.75, 3.05) is 49.6 Å². The molecule has 20 heavy (non-hydrogen) atoms. The van der Waals surface area contributed by atoms with Gasteiger partial charge in [0.1, 0.15) is 5.82 Å². The molecule has 0 amide bonds. The van der Waals surface area contributed by atoms with Crippen molar-refractivity contribution in [3.63, 3.8) is 0 Å². The topological polar surface area (TPSA) is 32.5 Å².